The van der Waals surface area contributed by atoms with E-state index in [1.807, 2.05) is 25.1 Å². The molecule has 10 heteroatoms. The van der Waals surface area contributed by atoms with Crippen LogP contribution in [0.4, 0.5) is 0 Å². The van der Waals surface area contributed by atoms with Gasteiger partial charge in [-0.05, 0) is 30.2 Å². The molecule has 1 N–H and O–H groups in total. The van der Waals surface area contributed by atoms with Crippen molar-refractivity contribution in [2.45, 2.75) is 19.9 Å². The molecule has 2 aromatic carbocycles. The number of rotatable bonds is 5. The molecule has 4 heterocycles. The average molecular weight is 516 g/mol. The van der Waals surface area contributed by atoms with E-state index in [1.165, 1.54) is 6.20 Å². The number of amides is 2. The van der Waals surface area contributed by atoms with Crippen LogP contribution in [-0.4, -0.2) is 41.7 Å². The highest BCUT2D eigenvalue weighted by molar-refractivity contribution is 6.21. The fourth-order valence-corrected chi connectivity index (χ4v) is 5.08. The minimum absolute atomic E-state index is 0.125. The summed E-state index contributed by atoms with van der Waals surface area (Å²) in [5.74, 6) is -0.833. The van der Waals surface area contributed by atoms with E-state index in [-0.39, 0.29) is 11.9 Å². The normalized spacial score (nSPS) is 12.7. The molecule has 2 amide bonds. The zero-order valence-electron chi connectivity index (χ0n) is 21.1. The maximum atomic E-state index is 13.0. The van der Waals surface area contributed by atoms with Gasteiger partial charge in [0.25, 0.3) is 17.4 Å². The van der Waals surface area contributed by atoms with E-state index >= 15 is 0 Å². The molecule has 0 bridgehead atoms. The van der Waals surface area contributed by atoms with E-state index in [9.17, 15) is 19.6 Å². The Bertz CT molecular complexity index is 1900. The predicted octanol–water partition coefficient (Wildman–Crippen LogP) is 3.62. The first kappa shape index (κ1) is 23.9. The van der Waals surface area contributed by atoms with Crippen LogP contribution in [0.3, 0.4) is 0 Å². The van der Waals surface area contributed by atoms with Gasteiger partial charge in [0.05, 0.1) is 51.9 Å². The van der Waals surface area contributed by atoms with Crippen LogP contribution in [0.5, 0.6) is 0 Å². The number of carbonyl (C=O) groups excluding carboxylic acids is 2. The standard InChI is InChI=1S/C29H21N7O3/c1-3-16-7-6-10-17(21(16)12-30)26-23(14-32-35(26)2)24-11-20-22(13-31-24)27(37)34-33-25(20)15-36-28(38)18-8-4-5-9-19(18)29(36)39/h4-11,13-14H,3,15H2,1-2H3,(H,34,37). The summed E-state index contributed by atoms with van der Waals surface area (Å²) in [5, 5.41) is 21.7. The molecule has 3 aromatic heterocycles. The van der Waals surface area contributed by atoms with E-state index in [4.69, 9.17) is 0 Å². The van der Waals surface area contributed by atoms with Crippen molar-refractivity contribution in [3.8, 4) is 28.6 Å². The molecule has 0 spiro atoms. The van der Waals surface area contributed by atoms with Crippen LogP contribution in [0.1, 0.15) is 44.5 Å². The molecule has 0 aliphatic carbocycles. The number of benzene rings is 2. The molecule has 0 unspecified atom stereocenters. The van der Waals surface area contributed by atoms with Gasteiger partial charge in [-0.2, -0.15) is 15.5 Å². The van der Waals surface area contributed by atoms with Crippen LogP contribution in [0, 0.1) is 11.3 Å². The van der Waals surface area contributed by atoms with E-state index in [0.29, 0.717) is 51.1 Å². The topological polar surface area (TPSA) is 138 Å². The molecule has 5 aromatic rings. The number of nitriles is 1. The Hall–Kier alpha value is -5.43. The fraction of sp³-hybridized carbons (Fsp3) is 0.138. The average Bonchev–Trinajstić information content (AvgIpc) is 3.46. The summed E-state index contributed by atoms with van der Waals surface area (Å²) < 4.78 is 1.69. The Morgan fingerprint density at radius 2 is 1.64 bits per heavy atom. The number of nitrogens with one attached hydrogen (secondary N) is 1. The Kier molecular flexibility index (Phi) is 5.61. The van der Waals surface area contributed by atoms with E-state index in [1.54, 1.807) is 48.3 Å². The van der Waals surface area contributed by atoms with E-state index in [2.05, 4.69) is 26.3 Å². The van der Waals surface area contributed by atoms with Crippen molar-refractivity contribution in [2.24, 2.45) is 7.05 Å². The summed E-state index contributed by atoms with van der Waals surface area (Å²) in [4.78, 5) is 44.2. The lowest BCUT2D eigenvalue weighted by atomic mass is 9.95. The SMILES string of the molecule is CCc1cccc(-c2c(-c3cc4c(CN5C(=O)c6ccccc6C5=O)n[nH]c(=O)c4cn3)cnn2C)c1C#N. The van der Waals surface area contributed by atoms with Gasteiger partial charge < -0.3 is 0 Å². The van der Waals surface area contributed by atoms with Crippen molar-refractivity contribution < 1.29 is 9.59 Å². The first-order chi connectivity index (χ1) is 18.9. The molecule has 6 rings (SSSR count). The quantitative estimate of drug-likeness (QED) is 0.353. The summed E-state index contributed by atoms with van der Waals surface area (Å²) in [6.07, 6.45) is 3.81. The zero-order chi connectivity index (χ0) is 27.3. The largest absolute Gasteiger partial charge is 0.273 e. The molecular weight excluding hydrogens is 494 g/mol. The van der Waals surface area contributed by atoms with Gasteiger partial charge in [0, 0.05) is 29.8 Å². The number of hydrogen-bond acceptors (Lipinski definition) is 7. The lowest BCUT2D eigenvalue weighted by molar-refractivity contribution is 0.0640. The Balaban J connectivity index is 1.48. The van der Waals surface area contributed by atoms with Crippen LogP contribution < -0.4 is 5.56 Å². The van der Waals surface area contributed by atoms with Crippen LogP contribution in [0.15, 0.2) is 65.7 Å². The van der Waals surface area contributed by atoms with Gasteiger partial charge in [0.1, 0.15) is 6.07 Å². The zero-order valence-corrected chi connectivity index (χ0v) is 21.1. The monoisotopic (exact) mass is 515 g/mol. The van der Waals surface area contributed by atoms with Crippen molar-refractivity contribution >= 4 is 22.6 Å². The maximum absolute atomic E-state index is 13.0. The van der Waals surface area contributed by atoms with Gasteiger partial charge in [-0.25, -0.2) is 5.10 Å². The molecule has 1 aliphatic heterocycles. The number of hydrogen-bond donors (Lipinski definition) is 1. The van der Waals surface area contributed by atoms with Crippen LogP contribution in [0.25, 0.3) is 33.3 Å². The summed E-state index contributed by atoms with van der Waals surface area (Å²) >= 11 is 0. The van der Waals surface area contributed by atoms with Crippen LogP contribution in [-0.2, 0) is 20.0 Å². The number of aryl methyl sites for hydroxylation is 2. The minimum Gasteiger partial charge on any atom is -0.269 e. The molecular formula is C29H21N7O3. The molecule has 0 saturated heterocycles. The first-order valence-electron chi connectivity index (χ1n) is 12.3. The number of H-pyrrole nitrogens is 1. The first-order valence-corrected chi connectivity index (χ1v) is 12.3. The maximum Gasteiger partial charge on any atom is 0.273 e. The lowest BCUT2D eigenvalue weighted by Gasteiger charge is -2.15. The predicted molar refractivity (Wildman–Crippen MR) is 143 cm³/mol. The number of nitrogens with zero attached hydrogens (tertiary/aromatic N) is 6. The molecule has 10 nitrogen and oxygen atoms in total. The fourth-order valence-electron chi connectivity index (χ4n) is 5.08. The van der Waals surface area contributed by atoms with Crippen molar-refractivity contribution in [2.75, 3.05) is 0 Å². The Labute approximate surface area is 222 Å². The number of carbonyl (C=O) groups is 2. The summed E-state index contributed by atoms with van der Waals surface area (Å²) in [5.41, 5.74) is 4.66. The second-order valence-corrected chi connectivity index (χ2v) is 9.19. The third kappa shape index (κ3) is 3.71. The van der Waals surface area contributed by atoms with Gasteiger partial charge in [-0.1, -0.05) is 37.3 Å². The van der Waals surface area contributed by atoms with Crippen molar-refractivity contribution in [1.82, 2.24) is 29.9 Å². The Morgan fingerprint density at radius 3 is 2.33 bits per heavy atom. The Morgan fingerprint density at radius 1 is 0.923 bits per heavy atom. The third-order valence-corrected chi connectivity index (χ3v) is 7.05. The van der Waals surface area contributed by atoms with Gasteiger partial charge >= 0.3 is 0 Å². The molecule has 0 radical (unpaired) electrons. The van der Waals surface area contributed by atoms with Gasteiger partial charge in [0.15, 0.2) is 0 Å². The highest BCUT2D eigenvalue weighted by Crippen LogP contribution is 2.35. The van der Waals surface area contributed by atoms with Crippen molar-refractivity contribution in [1.29, 1.82) is 5.26 Å². The molecule has 0 atom stereocenters. The second-order valence-electron chi connectivity index (χ2n) is 9.19. The molecule has 39 heavy (non-hydrogen) atoms. The number of imide groups is 1. The summed E-state index contributed by atoms with van der Waals surface area (Å²) in [6, 6.07) is 16.4. The molecule has 0 fully saturated rings. The van der Waals surface area contributed by atoms with E-state index in [0.717, 1.165) is 16.0 Å². The number of aromatic nitrogens is 5. The van der Waals surface area contributed by atoms with Crippen molar-refractivity contribution in [3.63, 3.8) is 0 Å². The molecule has 0 saturated carbocycles. The highest BCUT2D eigenvalue weighted by Gasteiger charge is 2.35. The third-order valence-electron chi connectivity index (χ3n) is 7.05. The van der Waals surface area contributed by atoms with Gasteiger partial charge in [0.2, 0.25) is 0 Å². The number of aromatic amines is 1. The second kappa shape index (κ2) is 9.15. The van der Waals surface area contributed by atoms with E-state index < -0.39 is 17.4 Å². The number of fused-ring (bicyclic) bond motifs is 2. The van der Waals surface area contributed by atoms with Gasteiger partial charge in [-0.3, -0.25) is 28.9 Å². The van der Waals surface area contributed by atoms with Crippen LogP contribution >= 0.6 is 0 Å². The smallest absolute Gasteiger partial charge is 0.269 e. The number of pyridine rings is 1. The van der Waals surface area contributed by atoms with Crippen LogP contribution in [0.2, 0.25) is 0 Å². The molecule has 1 aliphatic rings. The summed E-state index contributed by atoms with van der Waals surface area (Å²) in [6.45, 7) is 1.87. The highest BCUT2D eigenvalue weighted by atomic mass is 16.2. The lowest BCUT2D eigenvalue weighted by Crippen LogP contribution is -2.30. The van der Waals surface area contributed by atoms with Crippen molar-refractivity contribution in [3.05, 3.63) is 99.2 Å². The molecule has 190 valence electrons. The van der Waals surface area contributed by atoms with Gasteiger partial charge in [-0.15, -0.1) is 0 Å². The summed E-state index contributed by atoms with van der Waals surface area (Å²) in [7, 11) is 1.79. The minimum atomic E-state index is -0.441.